The van der Waals surface area contributed by atoms with Gasteiger partial charge in [0.05, 0.1) is 11.2 Å². The van der Waals surface area contributed by atoms with Gasteiger partial charge in [-0.2, -0.15) is 0 Å². The third kappa shape index (κ3) is 4.05. The van der Waals surface area contributed by atoms with Crippen molar-refractivity contribution in [3.05, 3.63) is 23.8 Å². The van der Waals surface area contributed by atoms with Gasteiger partial charge < -0.3 is 20.9 Å². The predicted octanol–water partition coefficient (Wildman–Crippen LogP) is 2.10. The molecule has 0 aliphatic carbocycles. The van der Waals surface area contributed by atoms with E-state index in [-0.39, 0.29) is 5.84 Å². The van der Waals surface area contributed by atoms with E-state index >= 15 is 0 Å². The summed E-state index contributed by atoms with van der Waals surface area (Å²) in [4.78, 5) is 2.96. The first-order valence-corrected chi connectivity index (χ1v) is 7.68. The molecule has 0 bridgehead atoms. The number of hydrogen-bond acceptors (Lipinski definition) is 5. The van der Waals surface area contributed by atoms with Crippen molar-refractivity contribution in [3.63, 3.8) is 0 Å². The topological polar surface area (TPSA) is 82.1 Å². The van der Waals surface area contributed by atoms with Gasteiger partial charge >= 0.3 is 0 Å². The molecule has 112 valence electrons. The van der Waals surface area contributed by atoms with Crippen LogP contribution in [-0.2, 0) is 0 Å². The molecule has 0 atom stereocenters. The molecule has 1 rings (SSSR count). The number of nitrogens with zero attached hydrogens (tertiary/aromatic N) is 2. The Morgan fingerprint density at radius 1 is 1.45 bits per heavy atom. The average molecular weight is 297 g/mol. The van der Waals surface area contributed by atoms with Gasteiger partial charge in [0.15, 0.2) is 5.84 Å². The second-order valence-electron chi connectivity index (χ2n) is 5.17. The minimum absolute atomic E-state index is 0.0825. The summed E-state index contributed by atoms with van der Waals surface area (Å²) >= 11 is 1.54. The van der Waals surface area contributed by atoms with Crippen molar-refractivity contribution < 1.29 is 10.3 Å². The van der Waals surface area contributed by atoms with Crippen LogP contribution in [0.4, 0.5) is 5.69 Å². The van der Waals surface area contributed by atoms with Gasteiger partial charge in [0.1, 0.15) is 0 Å². The van der Waals surface area contributed by atoms with E-state index in [0.717, 1.165) is 10.6 Å². The summed E-state index contributed by atoms with van der Waals surface area (Å²) < 4.78 is 0. The Hall–Kier alpha value is -1.40. The van der Waals surface area contributed by atoms with Gasteiger partial charge in [0, 0.05) is 23.7 Å². The second kappa shape index (κ2) is 6.85. The Morgan fingerprint density at radius 3 is 2.55 bits per heavy atom. The average Bonchev–Trinajstić information content (AvgIpc) is 2.42. The molecule has 0 heterocycles. The first kappa shape index (κ1) is 16.7. The van der Waals surface area contributed by atoms with Crippen molar-refractivity contribution in [2.24, 2.45) is 10.9 Å². The summed E-state index contributed by atoms with van der Waals surface area (Å²) in [5, 5.41) is 22.2. The highest BCUT2D eigenvalue weighted by Gasteiger charge is 2.22. The first-order chi connectivity index (χ1) is 9.34. The smallest absolute Gasteiger partial charge is 0.173 e. The molecule has 0 saturated carbocycles. The number of hydrogen-bond donors (Lipinski definition) is 3. The fourth-order valence-electron chi connectivity index (χ4n) is 2.10. The normalized spacial score (nSPS) is 12.6. The van der Waals surface area contributed by atoms with Crippen molar-refractivity contribution in [1.82, 2.24) is 0 Å². The van der Waals surface area contributed by atoms with Gasteiger partial charge in [-0.05, 0) is 39.2 Å². The van der Waals surface area contributed by atoms with Crippen LogP contribution in [-0.4, -0.2) is 41.1 Å². The van der Waals surface area contributed by atoms with Crippen LogP contribution in [0.15, 0.2) is 28.3 Å². The van der Waals surface area contributed by atoms with E-state index in [1.807, 2.05) is 36.3 Å². The molecule has 20 heavy (non-hydrogen) atoms. The van der Waals surface area contributed by atoms with Crippen molar-refractivity contribution in [2.45, 2.75) is 31.3 Å². The molecule has 0 spiro atoms. The molecule has 0 saturated heterocycles. The molecule has 4 N–H and O–H groups in total. The zero-order valence-electron chi connectivity index (χ0n) is 12.4. The van der Waals surface area contributed by atoms with Crippen molar-refractivity contribution >= 4 is 23.3 Å². The Morgan fingerprint density at radius 2 is 2.10 bits per heavy atom. The van der Waals surface area contributed by atoms with Gasteiger partial charge in [0.25, 0.3) is 0 Å². The Kier molecular flexibility index (Phi) is 5.71. The van der Waals surface area contributed by atoms with E-state index in [1.165, 1.54) is 11.8 Å². The van der Waals surface area contributed by atoms with E-state index in [9.17, 15) is 5.11 Å². The van der Waals surface area contributed by atoms with E-state index in [4.69, 9.17) is 10.9 Å². The highest BCUT2D eigenvalue weighted by atomic mass is 32.2. The summed E-state index contributed by atoms with van der Waals surface area (Å²) in [5.41, 5.74) is 6.56. The maximum Gasteiger partial charge on any atom is 0.173 e. The molecule has 0 amide bonds. The maximum atomic E-state index is 10.0. The molecule has 0 unspecified atom stereocenters. The second-order valence-corrected chi connectivity index (χ2v) is 6.01. The number of anilines is 1. The van der Waals surface area contributed by atoms with Crippen LogP contribution >= 0.6 is 11.8 Å². The Balaban J connectivity index is 3.35. The zero-order valence-corrected chi connectivity index (χ0v) is 13.2. The molecule has 0 aliphatic heterocycles. The van der Waals surface area contributed by atoms with Crippen LogP contribution in [0.1, 0.15) is 26.3 Å². The first-order valence-electron chi connectivity index (χ1n) is 6.46. The number of nitrogens with two attached hydrogens (primary N) is 1. The molecular weight excluding hydrogens is 274 g/mol. The van der Waals surface area contributed by atoms with Gasteiger partial charge in [0.2, 0.25) is 0 Å². The number of aliphatic hydroxyl groups is 1. The highest BCUT2D eigenvalue weighted by Crippen LogP contribution is 2.30. The third-order valence-electron chi connectivity index (χ3n) is 2.89. The van der Waals surface area contributed by atoms with Crippen LogP contribution in [0.2, 0.25) is 0 Å². The molecule has 6 heteroatoms. The van der Waals surface area contributed by atoms with Crippen LogP contribution in [0, 0.1) is 0 Å². The SMILES string of the molecule is CCN(CC(C)(C)O)c1cccc(SC)c1/C(N)=N/O. The number of oxime groups is 1. The van der Waals surface area contributed by atoms with E-state index in [2.05, 4.69) is 5.16 Å². The Labute approximate surface area is 124 Å². The minimum atomic E-state index is -0.826. The zero-order chi connectivity index (χ0) is 15.3. The van der Waals surface area contributed by atoms with Crippen LogP contribution in [0.3, 0.4) is 0 Å². The summed E-state index contributed by atoms with van der Waals surface area (Å²) in [6.07, 6.45) is 1.94. The molecule has 0 radical (unpaired) electrons. The Bertz CT molecular complexity index is 484. The summed E-state index contributed by atoms with van der Waals surface area (Å²) in [5.74, 6) is 0.0825. The summed E-state index contributed by atoms with van der Waals surface area (Å²) in [7, 11) is 0. The van der Waals surface area contributed by atoms with E-state index in [0.29, 0.717) is 18.7 Å². The third-order valence-corrected chi connectivity index (χ3v) is 3.67. The quantitative estimate of drug-likeness (QED) is 0.246. The standard InChI is InChI=1S/C14H23N3O2S/c1-5-17(9-14(2,3)18)10-7-6-8-11(20-4)12(10)13(15)16-19/h6-8,18-19H,5,9H2,1-4H3,(H2,15,16). The molecule has 0 aromatic heterocycles. The molecule has 0 aliphatic rings. The number of likely N-dealkylation sites (N-methyl/N-ethyl adjacent to an activating group) is 1. The lowest BCUT2D eigenvalue weighted by molar-refractivity contribution is 0.0876. The number of benzene rings is 1. The lowest BCUT2D eigenvalue weighted by Crippen LogP contribution is -2.39. The van der Waals surface area contributed by atoms with Gasteiger partial charge in [-0.3, -0.25) is 0 Å². The molecule has 0 fully saturated rings. The van der Waals surface area contributed by atoms with Crippen LogP contribution in [0.25, 0.3) is 0 Å². The fraction of sp³-hybridized carbons (Fsp3) is 0.500. The van der Waals surface area contributed by atoms with E-state index in [1.54, 1.807) is 13.8 Å². The number of rotatable bonds is 6. The lowest BCUT2D eigenvalue weighted by atomic mass is 10.1. The monoisotopic (exact) mass is 297 g/mol. The van der Waals surface area contributed by atoms with Gasteiger partial charge in [-0.25, -0.2) is 0 Å². The van der Waals surface area contributed by atoms with Crippen molar-refractivity contribution in [1.29, 1.82) is 0 Å². The van der Waals surface area contributed by atoms with Crippen LogP contribution in [0.5, 0.6) is 0 Å². The lowest BCUT2D eigenvalue weighted by Gasteiger charge is -2.31. The summed E-state index contributed by atoms with van der Waals surface area (Å²) in [6.45, 7) is 6.71. The molecule has 1 aromatic carbocycles. The predicted molar refractivity (Wildman–Crippen MR) is 84.9 cm³/mol. The van der Waals surface area contributed by atoms with Crippen LogP contribution < -0.4 is 10.6 Å². The van der Waals surface area contributed by atoms with E-state index < -0.39 is 5.60 Å². The molecular formula is C14H23N3O2S. The largest absolute Gasteiger partial charge is 0.409 e. The maximum absolute atomic E-state index is 10.0. The van der Waals surface area contributed by atoms with Crippen molar-refractivity contribution in [2.75, 3.05) is 24.2 Å². The summed E-state index contributed by atoms with van der Waals surface area (Å²) in [6, 6.07) is 5.78. The molecule has 1 aromatic rings. The van der Waals surface area contributed by atoms with Gasteiger partial charge in [-0.15, -0.1) is 11.8 Å². The highest BCUT2D eigenvalue weighted by molar-refractivity contribution is 7.98. The van der Waals surface area contributed by atoms with Gasteiger partial charge in [-0.1, -0.05) is 11.2 Å². The number of thioether (sulfide) groups is 1. The van der Waals surface area contributed by atoms with Crippen molar-refractivity contribution in [3.8, 4) is 0 Å². The molecule has 5 nitrogen and oxygen atoms in total. The number of amidine groups is 1. The fourth-order valence-corrected chi connectivity index (χ4v) is 2.72. The minimum Gasteiger partial charge on any atom is -0.409 e.